The maximum atomic E-state index is 12.4. The van der Waals surface area contributed by atoms with E-state index in [0.29, 0.717) is 21.3 Å². The van der Waals surface area contributed by atoms with Crippen molar-refractivity contribution < 1.29 is 14.3 Å². The molecule has 0 heterocycles. The lowest BCUT2D eigenvalue weighted by Gasteiger charge is -2.07. The third kappa shape index (κ3) is 5.28. The van der Waals surface area contributed by atoms with Crippen molar-refractivity contribution in [1.82, 2.24) is 5.43 Å². The van der Waals surface area contributed by atoms with Crippen LogP contribution in [0.15, 0.2) is 101 Å². The molecule has 1 N–H and O–H groups in total. The Balaban J connectivity index is 1.38. The minimum atomic E-state index is -0.463. The first-order valence-electron chi connectivity index (χ1n) is 9.95. The fourth-order valence-electron chi connectivity index (χ4n) is 3.29. The van der Waals surface area contributed by atoms with E-state index < -0.39 is 5.97 Å². The SMILES string of the molecule is O=C(Cc1cccc2ccccc12)NN=Cc1cccc(OC(=O)c2ccccc2Br)c1. The molecule has 6 heteroatoms. The first-order valence-corrected chi connectivity index (χ1v) is 10.7. The Morgan fingerprint density at radius 2 is 1.66 bits per heavy atom. The monoisotopic (exact) mass is 486 g/mol. The van der Waals surface area contributed by atoms with E-state index >= 15 is 0 Å². The largest absolute Gasteiger partial charge is 0.423 e. The summed E-state index contributed by atoms with van der Waals surface area (Å²) in [7, 11) is 0. The second-order valence-electron chi connectivity index (χ2n) is 7.05. The summed E-state index contributed by atoms with van der Waals surface area (Å²) in [4.78, 5) is 24.7. The molecule has 1 amide bonds. The van der Waals surface area contributed by atoms with E-state index in [-0.39, 0.29) is 12.3 Å². The zero-order valence-electron chi connectivity index (χ0n) is 17.0. The molecular formula is C26H19BrN2O3. The Hall–Kier alpha value is -3.77. The zero-order chi connectivity index (χ0) is 22.3. The molecular weight excluding hydrogens is 468 g/mol. The molecule has 32 heavy (non-hydrogen) atoms. The summed E-state index contributed by atoms with van der Waals surface area (Å²) in [5, 5.41) is 6.18. The van der Waals surface area contributed by atoms with Gasteiger partial charge in [-0.3, -0.25) is 4.79 Å². The highest BCUT2D eigenvalue weighted by molar-refractivity contribution is 9.10. The molecule has 0 aliphatic heterocycles. The molecule has 0 bridgehead atoms. The van der Waals surface area contributed by atoms with Crippen LogP contribution < -0.4 is 10.2 Å². The predicted molar refractivity (Wildman–Crippen MR) is 129 cm³/mol. The van der Waals surface area contributed by atoms with Crippen molar-refractivity contribution in [3.8, 4) is 5.75 Å². The third-order valence-corrected chi connectivity index (χ3v) is 5.49. The number of nitrogens with one attached hydrogen (secondary N) is 1. The summed E-state index contributed by atoms with van der Waals surface area (Å²) in [5.41, 5.74) is 4.62. The Kier molecular flexibility index (Phi) is 6.72. The number of nitrogens with zero attached hydrogens (tertiary/aromatic N) is 1. The summed E-state index contributed by atoms with van der Waals surface area (Å²) in [6.07, 6.45) is 1.74. The van der Waals surface area contributed by atoms with Crippen LogP contribution >= 0.6 is 15.9 Å². The van der Waals surface area contributed by atoms with Crippen molar-refractivity contribution in [2.45, 2.75) is 6.42 Å². The summed E-state index contributed by atoms with van der Waals surface area (Å²) < 4.78 is 6.11. The van der Waals surface area contributed by atoms with Gasteiger partial charge in [-0.2, -0.15) is 5.10 Å². The molecule has 0 radical (unpaired) electrons. The Bertz CT molecular complexity index is 1310. The van der Waals surface area contributed by atoms with Gasteiger partial charge in [0.05, 0.1) is 18.2 Å². The minimum absolute atomic E-state index is 0.214. The van der Waals surface area contributed by atoms with Crippen LogP contribution in [0.25, 0.3) is 10.8 Å². The number of hydrazone groups is 1. The third-order valence-electron chi connectivity index (χ3n) is 4.80. The van der Waals surface area contributed by atoms with Gasteiger partial charge in [-0.25, -0.2) is 10.2 Å². The average Bonchev–Trinajstić information content (AvgIpc) is 2.80. The molecule has 0 saturated carbocycles. The first-order chi connectivity index (χ1) is 15.6. The minimum Gasteiger partial charge on any atom is -0.423 e. The molecule has 4 aromatic carbocycles. The van der Waals surface area contributed by atoms with Crippen molar-refractivity contribution in [3.63, 3.8) is 0 Å². The topological polar surface area (TPSA) is 67.8 Å². The molecule has 0 fully saturated rings. The fourth-order valence-corrected chi connectivity index (χ4v) is 3.73. The lowest BCUT2D eigenvalue weighted by Crippen LogP contribution is -2.19. The van der Waals surface area contributed by atoms with Crippen LogP contribution in [0.1, 0.15) is 21.5 Å². The highest BCUT2D eigenvalue weighted by atomic mass is 79.9. The molecule has 0 aliphatic carbocycles. The molecule has 4 rings (SSSR count). The number of rotatable bonds is 6. The van der Waals surface area contributed by atoms with E-state index in [0.717, 1.165) is 16.3 Å². The standard InChI is InChI=1S/C26H19BrN2O3/c27-24-14-4-3-13-23(24)26(31)32-21-11-5-7-18(15-21)17-28-29-25(30)16-20-10-6-9-19-8-1-2-12-22(19)20/h1-15,17H,16H2,(H,29,30). The van der Waals surface area contributed by atoms with Crippen LogP contribution in [0.5, 0.6) is 5.75 Å². The smallest absolute Gasteiger partial charge is 0.344 e. The highest BCUT2D eigenvalue weighted by Gasteiger charge is 2.12. The summed E-state index contributed by atoms with van der Waals surface area (Å²) >= 11 is 3.35. The number of halogens is 1. The van der Waals surface area contributed by atoms with Crippen molar-refractivity contribution in [2.75, 3.05) is 0 Å². The number of amides is 1. The zero-order valence-corrected chi connectivity index (χ0v) is 18.6. The molecule has 158 valence electrons. The van der Waals surface area contributed by atoms with E-state index in [1.165, 1.54) is 6.21 Å². The second-order valence-corrected chi connectivity index (χ2v) is 7.90. The van der Waals surface area contributed by atoms with E-state index in [1.807, 2.05) is 48.5 Å². The van der Waals surface area contributed by atoms with Gasteiger partial charge in [0.1, 0.15) is 5.75 Å². The number of esters is 1. The van der Waals surface area contributed by atoms with Crippen molar-refractivity contribution >= 4 is 44.8 Å². The average molecular weight is 487 g/mol. The van der Waals surface area contributed by atoms with Crippen molar-refractivity contribution in [3.05, 3.63) is 112 Å². The number of carbonyl (C=O) groups excluding carboxylic acids is 2. The van der Waals surface area contributed by atoms with Crippen molar-refractivity contribution in [2.24, 2.45) is 5.10 Å². The van der Waals surface area contributed by atoms with Crippen LogP contribution in [0.2, 0.25) is 0 Å². The van der Waals surface area contributed by atoms with E-state index in [2.05, 4.69) is 26.5 Å². The molecule has 0 unspecified atom stereocenters. The van der Waals surface area contributed by atoms with Crippen LogP contribution in [-0.4, -0.2) is 18.1 Å². The number of fused-ring (bicyclic) bond motifs is 1. The number of hydrogen-bond donors (Lipinski definition) is 1. The Labute approximate surface area is 193 Å². The van der Waals surface area contributed by atoms with Crippen LogP contribution in [0.3, 0.4) is 0 Å². The van der Waals surface area contributed by atoms with Crippen LogP contribution in [0.4, 0.5) is 0 Å². The van der Waals surface area contributed by atoms with Gasteiger partial charge in [0.15, 0.2) is 0 Å². The lowest BCUT2D eigenvalue weighted by atomic mass is 10.0. The van der Waals surface area contributed by atoms with Gasteiger partial charge in [-0.15, -0.1) is 0 Å². The quantitative estimate of drug-likeness (QED) is 0.169. The van der Waals surface area contributed by atoms with Gasteiger partial charge in [0.2, 0.25) is 5.91 Å². The normalized spacial score (nSPS) is 10.9. The van der Waals surface area contributed by atoms with Gasteiger partial charge < -0.3 is 4.74 Å². The van der Waals surface area contributed by atoms with Gasteiger partial charge in [-0.05, 0) is 62.1 Å². The van der Waals surface area contributed by atoms with E-state index in [9.17, 15) is 9.59 Å². The number of hydrogen-bond acceptors (Lipinski definition) is 4. The molecule has 0 atom stereocenters. The summed E-state index contributed by atoms with van der Waals surface area (Å²) in [6, 6.07) is 27.8. The van der Waals surface area contributed by atoms with E-state index in [1.54, 1.807) is 42.5 Å². The molecule has 4 aromatic rings. The maximum absolute atomic E-state index is 12.4. The molecule has 0 saturated heterocycles. The van der Waals surface area contributed by atoms with Crippen LogP contribution in [0, 0.1) is 0 Å². The molecule has 0 spiro atoms. The Morgan fingerprint density at radius 3 is 2.53 bits per heavy atom. The van der Waals surface area contributed by atoms with Crippen molar-refractivity contribution in [1.29, 1.82) is 0 Å². The van der Waals surface area contributed by atoms with E-state index in [4.69, 9.17) is 4.74 Å². The molecule has 0 aromatic heterocycles. The number of benzene rings is 4. The first kappa shape index (κ1) is 21.5. The number of ether oxygens (including phenoxy) is 1. The predicted octanol–water partition coefficient (Wildman–Crippen LogP) is 5.51. The van der Waals surface area contributed by atoms with Gasteiger partial charge >= 0.3 is 5.97 Å². The van der Waals surface area contributed by atoms with Gasteiger partial charge in [0.25, 0.3) is 0 Å². The lowest BCUT2D eigenvalue weighted by molar-refractivity contribution is -0.120. The summed E-state index contributed by atoms with van der Waals surface area (Å²) in [5.74, 6) is -0.291. The Morgan fingerprint density at radius 1 is 0.906 bits per heavy atom. The fraction of sp³-hybridized carbons (Fsp3) is 0.0385. The summed E-state index contributed by atoms with van der Waals surface area (Å²) in [6.45, 7) is 0. The number of carbonyl (C=O) groups is 2. The van der Waals surface area contributed by atoms with Crippen LogP contribution in [-0.2, 0) is 11.2 Å². The van der Waals surface area contributed by atoms with Gasteiger partial charge in [0, 0.05) is 4.47 Å². The molecule has 5 nitrogen and oxygen atoms in total. The molecule has 0 aliphatic rings. The maximum Gasteiger partial charge on any atom is 0.344 e. The second kappa shape index (κ2) is 10.0. The van der Waals surface area contributed by atoms with Gasteiger partial charge in [-0.1, -0.05) is 66.7 Å². The highest BCUT2D eigenvalue weighted by Crippen LogP contribution is 2.20.